The largest absolute Gasteiger partial charge is 0.496 e. The van der Waals surface area contributed by atoms with Crippen LogP contribution in [0.2, 0.25) is 0 Å². The Hall–Kier alpha value is -3.15. The lowest BCUT2D eigenvalue weighted by atomic mass is 9.88. The number of rotatable bonds is 5. The molecule has 2 aliphatic heterocycles. The van der Waals surface area contributed by atoms with Gasteiger partial charge < -0.3 is 14.5 Å². The predicted octanol–water partition coefficient (Wildman–Crippen LogP) is 6.94. The molecule has 192 valence electrons. The number of thiophene rings is 1. The molecule has 0 aliphatic carbocycles. The van der Waals surface area contributed by atoms with Crippen molar-refractivity contribution in [1.82, 2.24) is 9.80 Å². The van der Waals surface area contributed by atoms with Crippen LogP contribution in [0.3, 0.4) is 0 Å². The van der Waals surface area contributed by atoms with Gasteiger partial charge in [-0.25, -0.2) is 0 Å². The summed E-state index contributed by atoms with van der Waals surface area (Å²) in [5.74, 6) is 2.34. The first-order valence-electron chi connectivity index (χ1n) is 13.3. The van der Waals surface area contributed by atoms with Crippen LogP contribution in [0.1, 0.15) is 41.1 Å². The lowest BCUT2D eigenvalue weighted by molar-refractivity contribution is 0.0784. The smallest absolute Gasteiger partial charge is 0.254 e. The number of nitrogens with zero attached hydrogens (tertiary/aromatic N) is 2. The van der Waals surface area contributed by atoms with E-state index in [1.807, 2.05) is 53.2 Å². The quantitative estimate of drug-likeness (QED) is 0.290. The summed E-state index contributed by atoms with van der Waals surface area (Å²) in [6, 6.07) is 26.7. The van der Waals surface area contributed by atoms with Gasteiger partial charge in [0.15, 0.2) is 0 Å². The molecule has 0 spiro atoms. The van der Waals surface area contributed by atoms with Gasteiger partial charge in [0.05, 0.1) is 7.11 Å². The van der Waals surface area contributed by atoms with E-state index >= 15 is 0 Å². The first-order chi connectivity index (χ1) is 18.2. The zero-order valence-corrected chi connectivity index (χ0v) is 22.4. The Morgan fingerprint density at radius 2 is 1.59 bits per heavy atom. The molecule has 0 saturated carbocycles. The highest BCUT2D eigenvalue weighted by Gasteiger charge is 2.30. The number of ether oxygens (including phenoxy) is 1. The summed E-state index contributed by atoms with van der Waals surface area (Å²) in [4.78, 5) is 17.9. The Morgan fingerprint density at radius 3 is 2.35 bits per heavy atom. The second-order valence-corrected chi connectivity index (χ2v) is 10.9. The number of hydrogen-bond acceptors (Lipinski definition) is 4. The lowest BCUT2D eigenvalue weighted by Gasteiger charge is -2.34. The molecule has 5 heteroatoms. The molecule has 2 saturated heterocycles. The first kappa shape index (κ1) is 25.5. The van der Waals surface area contributed by atoms with Crippen LogP contribution in [0, 0.1) is 5.92 Å². The second-order valence-electron chi connectivity index (χ2n) is 10.0. The van der Waals surface area contributed by atoms with Gasteiger partial charge in [-0.3, -0.25) is 4.79 Å². The molecule has 37 heavy (non-hydrogen) atoms. The SMILES string of the molecule is COc1ccccc1C1CCN(C[C@H]2CCN(C(=O)c3cccc4ccccc34)C2)CC1.c1ccsc1. The second kappa shape index (κ2) is 12.4. The average Bonchev–Trinajstić information content (AvgIpc) is 3.69. The van der Waals surface area contributed by atoms with Crippen LogP contribution in [-0.4, -0.2) is 55.5 Å². The van der Waals surface area contributed by atoms with E-state index in [1.54, 1.807) is 18.4 Å². The Balaban J connectivity index is 0.000000503. The molecule has 4 nitrogen and oxygen atoms in total. The number of methoxy groups -OCH3 is 1. The van der Waals surface area contributed by atoms with E-state index < -0.39 is 0 Å². The number of para-hydroxylation sites is 1. The Kier molecular flexibility index (Phi) is 8.54. The highest BCUT2D eigenvalue weighted by Crippen LogP contribution is 2.34. The summed E-state index contributed by atoms with van der Waals surface area (Å²) in [6.45, 7) is 5.07. The minimum absolute atomic E-state index is 0.180. The molecule has 0 N–H and O–H groups in total. The molecular weight excluding hydrogens is 476 g/mol. The normalized spacial score (nSPS) is 18.4. The average molecular weight is 513 g/mol. The number of likely N-dealkylation sites (tertiary alicyclic amines) is 2. The topological polar surface area (TPSA) is 32.8 Å². The molecule has 6 rings (SSSR count). The molecular formula is C32H36N2O2S. The fourth-order valence-electron chi connectivity index (χ4n) is 5.77. The minimum Gasteiger partial charge on any atom is -0.496 e. The number of hydrogen-bond donors (Lipinski definition) is 0. The van der Waals surface area contributed by atoms with E-state index in [4.69, 9.17) is 4.74 Å². The maximum atomic E-state index is 13.3. The Bertz CT molecular complexity index is 1260. The van der Waals surface area contributed by atoms with Crippen LogP contribution in [-0.2, 0) is 0 Å². The predicted molar refractivity (Wildman–Crippen MR) is 154 cm³/mol. The molecule has 1 atom stereocenters. The monoisotopic (exact) mass is 512 g/mol. The van der Waals surface area contributed by atoms with Crippen LogP contribution >= 0.6 is 11.3 Å². The van der Waals surface area contributed by atoms with Gasteiger partial charge in [0.1, 0.15) is 5.75 Å². The van der Waals surface area contributed by atoms with Crippen LogP contribution < -0.4 is 4.74 Å². The third-order valence-electron chi connectivity index (χ3n) is 7.70. The summed E-state index contributed by atoms with van der Waals surface area (Å²) < 4.78 is 5.58. The summed E-state index contributed by atoms with van der Waals surface area (Å²) in [5, 5.41) is 6.27. The molecule has 0 radical (unpaired) electrons. The van der Waals surface area contributed by atoms with E-state index in [0.717, 1.165) is 61.2 Å². The van der Waals surface area contributed by atoms with Crippen molar-refractivity contribution in [3.05, 3.63) is 101 Å². The number of piperidine rings is 1. The molecule has 4 aromatic rings. The highest BCUT2D eigenvalue weighted by atomic mass is 32.1. The Morgan fingerprint density at radius 1 is 0.865 bits per heavy atom. The standard InChI is InChI=1S/C28H32N2O2.C4H4S/c1-32-27-12-5-4-10-25(27)23-14-16-29(17-15-23)19-21-13-18-30(20-21)28(31)26-11-6-8-22-7-2-3-9-24(22)26;1-2-4-5-3-1/h2-12,21,23H,13-20H2,1H3;1-4H/t21-;/m1./s1. The fraction of sp³-hybridized carbons (Fsp3) is 0.344. The molecule has 0 unspecified atom stereocenters. The van der Waals surface area contributed by atoms with Crippen molar-refractivity contribution in [3.8, 4) is 5.75 Å². The summed E-state index contributed by atoms with van der Waals surface area (Å²) in [5.41, 5.74) is 2.18. The van der Waals surface area contributed by atoms with Crippen LogP contribution in [0.4, 0.5) is 0 Å². The van der Waals surface area contributed by atoms with Crippen molar-refractivity contribution in [2.24, 2.45) is 5.92 Å². The van der Waals surface area contributed by atoms with Gasteiger partial charge in [-0.1, -0.05) is 66.7 Å². The third kappa shape index (κ3) is 6.23. The number of amides is 1. The van der Waals surface area contributed by atoms with E-state index in [9.17, 15) is 4.79 Å². The summed E-state index contributed by atoms with van der Waals surface area (Å²) in [6.07, 6.45) is 3.44. The minimum atomic E-state index is 0.180. The zero-order chi connectivity index (χ0) is 25.5. The molecule has 1 aromatic heterocycles. The van der Waals surface area contributed by atoms with E-state index in [-0.39, 0.29) is 5.91 Å². The van der Waals surface area contributed by atoms with Crippen molar-refractivity contribution in [2.45, 2.75) is 25.2 Å². The highest BCUT2D eigenvalue weighted by molar-refractivity contribution is 7.07. The molecule has 3 heterocycles. The number of fused-ring (bicyclic) bond motifs is 1. The van der Waals surface area contributed by atoms with E-state index in [2.05, 4.69) is 46.2 Å². The van der Waals surface area contributed by atoms with Crippen molar-refractivity contribution in [3.63, 3.8) is 0 Å². The van der Waals surface area contributed by atoms with Gasteiger partial charge in [0, 0.05) is 25.2 Å². The summed E-state index contributed by atoms with van der Waals surface area (Å²) >= 11 is 1.71. The van der Waals surface area contributed by atoms with E-state index in [0.29, 0.717) is 11.8 Å². The summed E-state index contributed by atoms with van der Waals surface area (Å²) in [7, 11) is 1.76. The van der Waals surface area contributed by atoms with Gasteiger partial charge in [-0.2, -0.15) is 11.3 Å². The van der Waals surface area contributed by atoms with Crippen molar-refractivity contribution in [1.29, 1.82) is 0 Å². The van der Waals surface area contributed by atoms with Gasteiger partial charge in [0.2, 0.25) is 0 Å². The molecule has 2 aliphatic rings. The third-order valence-corrected chi connectivity index (χ3v) is 8.33. The lowest BCUT2D eigenvalue weighted by Crippen LogP contribution is -2.38. The van der Waals surface area contributed by atoms with Gasteiger partial charge in [-0.15, -0.1) is 0 Å². The molecule has 2 fully saturated rings. The van der Waals surface area contributed by atoms with Crippen LogP contribution in [0.25, 0.3) is 10.8 Å². The van der Waals surface area contributed by atoms with E-state index in [1.165, 1.54) is 18.4 Å². The maximum absolute atomic E-state index is 13.3. The first-order valence-corrected chi connectivity index (χ1v) is 14.3. The van der Waals surface area contributed by atoms with Crippen molar-refractivity contribution < 1.29 is 9.53 Å². The van der Waals surface area contributed by atoms with Gasteiger partial charge >= 0.3 is 0 Å². The van der Waals surface area contributed by atoms with Crippen molar-refractivity contribution in [2.75, 3.05) is 39.8 Å². The number of carbonyl (C=O) groups excluding carboxylic acids is 1. The fourth-order valence-corrected chi connectivity index (χ4v) is 6.22. The molecule has 1 amide bonds. The maximum Gasteiger partial charge on any atom is 0.254 e. The van der Waals surface area contributed by atoms with Gasteiger partial charge in [0.25, 0.3) is 5.91 Å². The Labute approximate surface area is 224 Å². The molecule has 0 bridgehead atoms. The van der Waals surface area contributed by atoms with Gasteiger partial charge in [-0.05, 0) is 83.4 Å². The van der Waals surface area contributed by atoms with Crippen molar-refractivity contribution >= 4 is 28.0 Å². The number of benzene rings is 3. The zero-order valence-electron chi connectivity index (χ0n) is 21.6. The van der Waals surface area contributed by atoms with Crippen LogP contribution in [0.5, 0.6) is 5.75 Å². The molecule has 3 aromatic carbocycles. The number of carbonyl (C=O) groups is 1. The van der Waals surface area contributed by atoms with Crippen LogP contribution in [0.15, 0.2) is 89.6 Å².